The van der Waals surface area contributed by atoms with E-state index >= 15 is 0 Å². The van der Waals surface area contributed by atoms with Crippen LogP contribution in [0.3, 0.4) is 0 Å². The van der Waals surface area contributed by atoms with Crippen LogP contribution >= 0.6 is 0 Å². The van der Waals surface area contributed by atoms with Gasteiger partial charge in [-0.1, -0.05) is 42.5 Å². The lowest BCUT2D eigenvalue weighted by Gasteiger charge is -2.25. The van der Waals surface area contributed by atoms with Crippen molar-refractivity contribution in [2.24, 2.45) is 11.8 Å². The van der Waals surface area contributed by atoms with Crippen molar-refractivity contribution in [3.05, 3.63) is 72.3 Å². The van der Waals surface area contributed by atoms with Crippen LogP contribution in [0.2, 0.25) is 0 Å². The van der Waals surface area contributed by atoms with E-state index < -0.39 is 17.4 Å². The highest BCUT2D eigenvalue weighted by atomic mass is 16.5. The Morgan fingerprint density at radius 3 is 2.59 bits per heavy atom. The molecule has 5 rings (SSSR count). The van der Waals surface area contributed by atoms with Crippen molar-refractivity contribution in [2.45, 2.75) is 44.4 Å². The van der Waals surface area contributed by atoms with Gasteiger partial charge in [0.15, 0.2) is 0 Å². The maximum absolute atomic E-state index is 13.5. The quantitative estimate of drug-likeness (QED) is 0.623. The molecule has 2 N–H and O–H groups in total. The van der Waals surface area contributed by atoms with Gasteiger partial charge < -0.3 is 20.3 Å². The number of anilines is 2. The number of nitrogens with one attached hydrogen (secondary N) is 2. The first-order chi connectivity index (χ1) is 16.4. The van der Waals surface area contributed by atoms with E-state index in [2.05, 4.69) is 22.8 Å². The highest BCUT2D eigenvalue weighted by Crippen LogP contribution is 2.52. The molecule has 2 aromatic rings. The second-order valence-corrected chi connectivity index (χ2v) is 9.49. The lowest BCUT2D eigenvalue weighted by Crippen LogP contribution is -2.46. The van der Waals surface area contributed by atoms with Crippen LogP contribution in [0.1, 0.15) is 25.8 Å². The Bertz CT molecular complexity index is 1130. The molecule has 2 bridgehead atoms. The van der Waals surface area contributed by atoms with Gasteiger partial charge in [0.05, 0.1) is 24.5 Å². The van der Waals surface area contributed by atoms with Gasteiger partial charge in [0.1, 0.15) is 5.60 Å². The van der Waals surface area contributed by atoms with Gasteiger partial charge >= 0.3 is 0 Å². The molecule has 3 aliphatic heterocycles. The average molecular weight is 460 g/mol. The summed E-state index contributed by atoms with van der Waals surface area (Å²) < 4.78 is 6.24. The van der Waals surface area contributed by atoms with Crippen LogP contribution in [0.15, 0.2) is 66.7 Å². The third-order valence-corrected chi connectivity index (χ3v) is 7.00. The topological polar surface area (TPSA) is 87.7 Å². The van der Waals surface area contributed by atoms with Crippen molar-refractivity contribution in [3.63, 3.8) is 0 Å². The van der Waals surface area contributed by atoms with E-state index in [1.54, 1.807) is 29.2 Å². The van der Waals surface area contributed by atoms with E-state index in [0.29, 0.717) is 12.2 Å². The zero-order valence-corrected chi connectivity index (χ0v) is 19.4. The standard InChI is InChI=1S/C27H29N3O4/c1-17(8-9-19-6-4-3-5-7-19)28-25(32)23-22-14-15-27(34-22)16-30(26(33)24(23)27)21-12-10-20(11-13-21)29-18(2)31/h3-7,10-15,17,22-24H,8-9,16H2,1-2H3,(H,28,32)(H,29,31)/t17-,22-,23-,24+,27-/m1/s1. The van der Waals surface area contributed by atoms with Gasteiger partial charge in [-0.2, -0.15) is 0 Å². The SMILES string of the molecule is CC(=O)Nc1ccc(N2C[C@@]34C=C[C@@H](O3)[C@@H](C(=O)N[C@H](C)CCc3ccccc3)[C@H]4C2=O)cc1. The summed E-state index contributed by atoms with van der Waals surface area (Å²) in [5, 5.41) is 5.85. The smallest absolute Gasteiger partial charge is 0.234 e. The fraction of sp³-hybridized carbons (Fsp3) is 0.370. The van der Waals surface area contributed by atoms with E-state index in [0.717, 1.165) is 18.5 Å². The second-order valence-electron chi connectivity index (χ2n) is 9.49. The Morgan fingerprint density at radius 2 is 1.88 bits per heavy atom. The van der Waals surface area contributed by atoms with Gasteiger partial charge in [0.25, 0.3) is 0 Å². The molecule has 7 heteroatoms. The fourth-order valence-corrected chi connectivity index (χ4v) is 5.38. The van der Waals surface area contributed by atoms with E-state index in [1.807, 2.05) is 37.3 Å². The zero-order valence-electron chi connectivity index (χ0n) is 19.4. The number of benzene rings is 2. The van der Waals surface area contributed by atoms with E-state index in [9.17, 15) is 14.4 Å². The first-order valence-electron chi connectivity index (χ1n) is 11.8. The second kappa shape index (κ2) is 8.72. The summed E-state index contributed by atoms with van der Waals surface area (Å²) in [7, 11) is 0. The van der Waals surface area contributed by atoms with Crippen LogP contribution < -0.4 is 15.5 Å². The maximum atomic E-state index is 13.5. The largest absolute Gasteiger partial charge is 0.360 e. The van der Waals surface area contributed by atoms with Crippen molar-refractivity contribution in [1.29, 1.82) is 0 Å². The molecule has 2 aromatic carbocycles. The number of fused-ring (bicyclic) bond motifs is 1. The first-order valence-corrected chi connectivity index (χ1v) is 11.8. The van der Waals surface area contributed by atoms with Gasteiger partial charge in [0.2, 0.25) is 17.7 Å². The minimum absolute atomic E-state index is 0.0132. The summed E-state index contributed by atoms with van der Waals surface area (Å²) in [4.78, 5) is 39.8. The molecule has 0 radical (unpaired) electrons. The monoisotopic (exact) mass is 459 g/mol. The molecule has 3 heterocycles. The number of aryl methyl sites for hydroxylation is 1. The molecule has 3 aliphatic rings. The highest BCUT2D eigenvalue weighted by molar-refractivity contribution is 6.03. The van der Waals surface area contributed by atoms with Crippen LogP contribution in [0.4, 0.5) is 11.4 Å². The Hall–Kier alpha value is -3.45. The van der Waals surface area contributed by atoms with Crippen LogP contribution in [-0.4, -0.2) is 42.0 Å². The molecule has 5 atom stereocenters. The number of hydrogen-bond donors (Lipinski definition) is 2. The molecule has 0 saturated carbocycles. The van der Waals surface area contributed by atoms with Gasteiger partial charge in [-0.3, -0.25) is 14.4 Å². The Morgan fingerprint density at radius 1 is 1.15 bits per heavy atom. The van der Waals surface area contributed by atoms with Crippen molar-refractivity contribution < 1.29 is 19.1 Å². The lowest BCUT2D eigenvalue weighted by atomic mass is 9.76. The maximum Gasteiger partial charge on any atom is 0.234 e. The summed E-state index contributed by atoms with van der Waals surface area (Å²) in [6, 6.07) is 17.3. The molecule has 176 valence electrons. The summed E-state index contributed by atoms with van der Waals surface area (Å²) in [5.74, 6) is -1.46. The van der Waals surface area contributed by atoms with Gasteiger partial charge in [0, 0.05) is 24.3 Å². The van der Waals surface area contributed by atoms with Crippen LogP contribution in [-0.2, 0) is 25.5 Å². The van der Waals surface area contributed by atoms with Crippen molar-refractivity contribution in [3.8, 4) is 0 Å². The van der Waals surface area contributed by atoms with Crippen molar-refractivity contribution in [1.82, 2.24) is 5.32 Å². The van der Waals surface area contributed by atoms with E-state index in [4.69, 9.17) is 4.74 Å². The minimum Gasteiger partial charge on any atom is -0.360 e. The van der Waals surface area contributed by atoms with Gasteiger partial charge in [-0.15, -0.1) is 0 Å². The highest BCUT2D eigenvalue weighted by Gasteiger charge is 2.67. The molecular formula is C27H29N3O4. The molecule has 1 spiro atoms. The van der Waals surface area contributed by atoms with E-state index in [-0.39, 0.29) is 29.9 Å². The summed E-state index contributed by atoms with van der Waals surface area (Å²) in [5.41, 5.74) is 1.85. The third kappa shape index (κ3) is 4.01. The van der Waals surface area contributed by atoms with Crippen LogP contribution in [0.25, 0.3) is 0 Å². The normalized spacial score (nSPS) is 27.5. The number of amides is 3. The predicted molar refractivity (Wildman–Crippen MR) is 129 cm³/mol. The molecule has 3 amide bonds. The number of ether oxygens (including phenoxy) is 1. The van der Waals surface area contributed by atoms with Crippen LogP contribution in [0, 0.1) is 11.8 Å². The molecule has 0 aromatic heterocycles. The van der Waals surface area contributed by atoms with Crippen molar-refractivity contribution in [2.75, 3.05) is 16.8 Å². The number of carbonyl (C=O) groups is 3. The van der Waals surface area contributed by atoms with Crippen molar-refractivity contribution >= 4 is 29.1 Å². The third-order valence-electron chi connectivity index (χ3n) is 7.00. The first kappa shape index (κ1) is 22.3. The Balaban J connectivity index is 1.27. The Labute approximate surface area is 199 Å². The molecule has 34 heavy (non-hydrogen) atoms. The van der Waals surface area contributed by atoms with Crippen LogP contribution in [0.5, 0.6) is 0 Å². The number of rotatable bonds is 7. The van der Waals surface area contributed by atoms with E-state index in [1.165, 1.54) is 12.5 Å². The lowest BCUT2D eigenvalue weighted by molar-refractivity contribution is -0.132. The zero-order chi connectivity index (χ0) is 23.9. The van der Waals surface area contributed by atoms with Gasteiger partial charge in [-0.05, 0) is 49.6 Å². The number of carbonyl (C=O) groups excluding carboxylic acids is 3. The average Bonchev–Trinajstić information content (AvgIpc) is 3.47. The minimum atomic E-state index is -0.770. The van der Waals surface area contributed by atoms with Gasteiger partial charge in [-0.25, -0.2) is 0 Å². The molecule has 0 aliphatic carbocycles. The predicted octanol–water partition coefficient (Wildman–Crippen LogP) is 3.07. The summed E-state index contributed by atoms with van der Waals surface area (Å²) in [6.45, 7) is 3.82. The molecule has 2 fully saturated rings. The number of nitrogens with zero attached hydrogens (tertiary/aromatic N) is 1. The molecule has 0 unspecified atom stereocenters. The number of hydrogen-bond acceptors (Lipinski definition) is 4. The Kier molecular flexibility index (Phi) is 5.73. The fourth-order valence-electron chi connectivity index (χ4n) is 5.38. The molecule has 2 saturated heterocycles. The summed E-state index contributed by atoms with van der Waals surface area (Å²) >= 11 is 0. The summed E-state index contributed by atoms with van der Waals surface area (Å²) in [6.07, 6.45) is 5.20. The molecular weight excluding hydrogens is 430 g/mol. The molecule has 7 nitrogen and oxygen atoms in total.